The second kappa shape index (κ2) is 7.42. The standard InChI is InChI=1S/C14H21NO5S/c1-11(2)15(10-6-9-14(16)17)21(18,19)13-8-5-4-7-12(13)20-3/h4-5,7-8,11H,6,9-10H2,1-3H3,(H,16,17). The molecular formula is C14H21NO5S. The van der Waals surface area contributed by atoms with Gasteiger partial charge in [-0.25, -0.2) is 8.42 Å². The van der Waals surface area contributed by atoms with Gasteiger partial charge < -0.3 is 9.84 Å². The van der Waals surface area contributed by atoms with Crippen LogP contribution in [-0.4, -0.2) is 43.5 Å². The molecule has 21 heavy (non-hydrogen) atoms. The van der Waals surface area contributed by atoms with Crippen LogP contribution in [0.3, 0.4) is 0 Å². The van der Waals surface area contributed by atoms with Gasteiger partial charge >= 0.3 is 5.97 Å². The fraction of sp³-hybridized carbons (Fsp3) is 0.500. The third-order valence-electron chi connectivity index (χ3n) is 3.00. The first-order valence-electron chi connectivity index (χ1n) is 6.67. The fourth-order valence-corrected chi connectivity index (χ4v) is 3.83. The highest BCUT2D eigenvalue weighted by Crippen LogP contribution is 2.27. The van der Waals surface area contributed by atoms with Crippen molar-refractivity contribution in [2.45, 2.75) is 37.6 Å². The van der Waals surface area contributed by atoms with Gasteiger partial charge in [0.15, 0.2) is 0 Å². The maximum Gasteiger partial charge on any atom is 0.303 e. The number of rotatable bonds is 8. The Hall–Kier alpha value is -1.60. The molecule has 0 bridgehead atoms. The quantitative estimate of drug-likeness (QED) is 0.793. The first-order chi connectivity index (χ1) is 9.80. The minimum absolute atomic E-state index is 0.0648. The summed E-state index contributed by atoms with van der Waals surface area (Å²) in [5.74, 6) is -0.658. The fourth-order valence-electron chi connectivity index (χ4n) is 2.00. The Kier molecular flexibility index (Phi) is 6.17. The first-order valence-corrected chi connectivity index (χ1v) is 8.11. The van der Waals surface area contributed by atoms with Crippen molar-refractivity contribution in [1.29, 1.82) is 0 Å². The van der Waals surface area contributed by atoms with Crippen molar-refractivity contribution in [3.05, 3.63) is 24.3 Å². The van der Waals surface area contributed by atoms with Crippen LogP contribution in [0.25, 0.3) is 0 Å². The Labute approximate surface area is 125 Å². The zero-order valence-electron chi connectivity index (χ0n) is 12.4. The number of hydrogen-bond donors (Lipinski definition) is 1. The van der Waals surface area contributed by atoms with Crippen LogP contribution in [-0.2, 0) is 14.8 Å². The molecule has 1 rings (SSSR count). The van der Waals surface area contributed by atoms with Crippen LogP contribution in [0.1, 0.15) is 26.7 Å². The molecule has 1 N–H and O–H groups in total. The third-order valence-corrected chi connectivity index (χ3v) is 5.12. The molecule has 1 aromatic carbocycles. The second-order valence-electron chi connectivity index (χ2n) is 4.86. The number of benzene rings is 1. The average molecular weight is 315 g/mol. The molecule has 0 heterocycles. The number of aliphatic carboxylic acids is 1. The summed E-state index contributed by atoms with van der Waals surface area (Å²) < 4.78 is 31.9. The van der Waals surface area contributed by atoms with E-state index in [1.807, 2.05) is 0 Å². The lowest BCUT2D eigenvalue weighted by Crippen LogP contribution is -2.38. The normalized spacial score (nSPS) is 11.9. The molecular weight excluding hydrogens is 294 g/mol. The number of carboxylic acids is 1. The van der Waals surface area contributed by atoms with Crippen molar-refractivity contribution in [2.24, 2.45) is 0 Å². The van der Waals surface area contributed by atoms with E-state index in [0.717, 1.165) is 0 Å². The molecule has 118 valence electrons. The van der Waals surface area contributed by atoms with E-state index in [2.05, 4.69) is 0 Å². The van der Waals surface area contributed by atoms with Crippen LogP contribution in [0.15, 0.2) is 29.2 Å². The first kappa shape index (κ1) is 17.5. The smallest absolute Gasteiger partial charge is 0.303 e. The maximum absolute atomic E-state index is 12.7. The van der Waals surface area contributed by atoms with Gasteiger partial charge in [-0.1, -0.05) is 12.1 Å². The summed E-state index contributed by atoms with van der Waals surface area (Å²) in [5.41, 5.74) is 0. The van der Waals surface area contributed by atoms with Gasteiger partial charge in [0, 0.05) is 19.0 Å². The van der Waals surface area contributed by atoms with E-state index in [1.165, 1.54) is 17.5 Å². The van der Waals surface area contributed by atoms with Gasteiger partial charge in [-0.05, 0) is 32.4 Å². The van der Waals surface area contributed by atoms with Crippen molar-refractivity contribution in [3.8, 4) is 5.75 Å². The molecule has 6 nitrogen and oxygen atoms in total. The number of sulfonamides is 1. The van der Waals surface area contributed by atoms with Crippen molar-refractivity contribution < 1.29 is 23.1 Å². The lowest BCUT2D eigenvalue weighted by Gasteiger charge is -2.26. The molecule has 0 amide bonds. The molecule has 0 unspecified atom stereocenters. The molecule has 0 aliphatic heterocycles. The van der Waals surface area contributed by atoms with E-state index in [-0.39, 0.29) is 36.1 Å². The molecule has 7 heteroatoms. The number of methoxy groups -OCH3 is 1. The SMILES string of the molecule is COc1ccccc1S(=O)(=O)N(CCCC(=O)O)C(C)C. The number of carbonyl (C=O) groups is 1. The second-order valence-corrected chi connectivity index (χ2v) is 6.72. The number of nitrogens with zero attached hydrogens (tertiary/aromatic N) is 1. The summed E-state index contributed by atoms with van der Waals surface area (Å²) in [6.45, 7) is 3.67. The number of para-hydroxylation sites is 1. The summed E-state index contributed by atoms with van der Waals surface area (Å²) >= 11 is 0. The van der Waals surface area contributed by atoms with Crippen molar-refractivity contribution in [3.63, 3.8) is 0 Å². The van der Waals surface area contributed by atoms with Gasteiger partial charge in [0.2, 0.25) is 10.0 Å². The predicted molar refractivity (Wildman–Crippen MR) is 78.9 cm³/mol. The van der Waals surface area contributed by atoms with Crippen LogP contribution in [0.2, 0.25) is 0 Å². The van der Waals surface area contributed by atoms with Crippen LogP contribution < -0.4 is 4.74 Å². The lowest BCUT2D eigenvalue weighted by molar-refractivity contribution is -0.137. The van der Waals surface area contributed by atoms with Crippen molar-refractivity contribution in [1.82, 2.24) is 4.31 Å². The highest BCUT2D eigenvalue weighted by Gasteiger charge is 2.29. The van der Waals surface area contributed by atoms with Crippen molar-refractivity contribution >= 4 is 16.0 Å². The average Bonchev–Trinajstić information content (AvgIpc) is 2.42. The Bertz CT molecular complexity index is 583. The monoisotopic (exact) mass is 315 g/mol. The van der Waals surface area contributed by atoms with E-state index in [9.17, 15) is 13.2 Å². The molecule has 1 aromatic rings. The van der Waals surface area contributed by atoms with Gasteiger partial charge in [-0.3, -0.25) is 4.79 Å². The zero-order valence-corrected chi connectivity index (χ0v) is 13.3. The van der Waals surface area contributed by atoms with Gasteiger partial charge in [-0.2, -0.15) is 4.31 Å². The number of carboxylic acid groups (broad SMARTS) is 1. The summed E-state index contributed by atoms with van der Waals surface area (Å²) in [6.07, 6.45) is 0.201. The maximum atomic E-state index is 12.7. The van der Waals surface area contributed by atoms with Crippen LogP contribution in [0.5, 0.6) is 5.75 Å². The molecule has 0 fully saturated rings. The number of hydrogen-bond acceptors (Lipinski definition) is 4. The van der Waals surface area contributed by atoms with Crippen LogP contribution in [0.4, 0.5) is 0 Å². The molecule has 0 aromatic heterocycles. The minimum atomic E-state index is -3.73. The highest BCUT2D eigenvalue weighted by molar-refractivity contribution is 7.89. The summed E-state index contributed by atoms with van der Waals surface area (Å²) in [5, 5.41) is 8.68. The largest absolute Gasteiger partial charge is 0.495 e. The molecule has 0 aliphatic rings. The summed E-state index contributed by atoms with van der Waals surface area (Å²) in [7, 11) is -2.31. The minimum Gasteiger partial charge on any atom is -0.495 e. The van der Waals surface area contributed by atoms with E-state index in [1.54, 1.807) is 32.0 Å². The predicted octanol–water partition coefficient (Wildman–Crippen LogP) is 1.96. The van der Waals surface area contributed by atoms with Crippen molar-refractivity contribution in [2.75, 3.05) is 13.7 Å². The lowest BCUT2D eigenvalue weighted by atomic mass is 10.3. The number of ether oxygens (including phenoxy) is 1. The molecule has 0 aliphatic carbocycles. The van der Waals surface area contributed by atoms with E-state index >= 15 is 0 Å². The molecule has 0 saturated carbocycles. The summed E-state index contributed by atoms with van der Waals surface area (Å²) in [6, 6.07) is 6.13. The van der Waals surface area contributed by atoms with Crippen LogP contribution >= 0.6 is 0 Å². The van der Waals surface area contributed by atoms with Gasteiger partial charge in [-0.15, -0.1) is 0 Å². The molecule has 0 spiro atoms. The molecule has 0 atom stereocenters. The molecule has 0 saturated heterocycles. The van der Waals surface area contributed by atoms with Gasteiger partial charge in [0.25, 0.3) is 0 Å². The third kappa shape index (κ3) is 4.44. The highest BCUT2D eigenvalue weighted by atomic mass is 32.2. The van der Waals surface area contributed by atoms with E-state index in [4.69, 9.17) is 9.84 Å². The van der Waals surface area contributed by atoms with Crippen LogP contribution in [0, 0.1) is 0 Å². The molecule has 0 radical (unpaired) electrons. The Morgan fingerprint density at radius 2 is 1.95 bits per heavy atom. The Morgan fingerprint density at radius 1 is 1.33 bits per heavy atom. The van der Waals surface area contributed by atoms with Gasteiger partial charge in [0.1, 0.15) is 10.6 Å². The Morgan fingerprint density at radius 3 is 2.48 bits per heavy atom. The topological polar surface area (TPSA) is 83.9 Å². The Balaban J connectivity index is 3.07. The zero-order chi connectivity index (χ0) is 16.0. The van der Waals surface area contributed by atoms with E-state index in [0.29, 0.717) is 0 Å². The van der Waals surface area contributed by atoms with Gasteiger partial charge in [0.05, 0.1) is 7.11 Å². The summed E-state index contributed by atoms with van der Waals surface area (Å²) in [4.78, 5) is 10.7. The van der Waals surface area contributed by atoms with E-state index < -0.39 is 16.0 Å².